The van der Waals surface area contributed by atoms with Crippen LogP contribution in [0.5, 0.6) is 0 Å². The van der Waals surface area contributed by atoms with Crippen LogP contribution in [0.2, 0.25) is 0 Å². The predicted molar refractivity (Wildman–Crippen MR) is 128 cm³/mol. The summed E-state index contributed by atoms with van der Waals surface area (Å²) in [6.45, 7) is 10.3. The number of benzene rings is 2. The molecule has 6 nitrogen and oxygen atoms in total. The molecule has 1 amide bonds. The largest absolute Gasteiger partial charge is 0.342 e. The van der Waals surface area contributed by atoms with Gasteiger partial charge in [0.25, 0.3) is 5.91 Å². The number of carbonyl (C=O) groups excluding carboxylic acids is 2. The van der Waals surface area contributed by atoms with Crippen molar-refractivity contribution in [2.75, 3.05) is 5.75 Å². The Balaban J connectivity index is 1.81. The van der Waals surface area contributed by atoms with Gasteiger partial charge in [0, 0.05) is 17.7 Å². The van der Waals surface area contributed by atoms with Gasteiger partial charge in [0.1, 0.15) is 0 Å². The summed E-state index contributed by atoms with van der Waals surface area (Å²) in [5.41, 5.74) is 2.30. The molecule has 32 heavy (non-hydrogen) atoms. The number of nitrogens with one attached hydrogen (secondary N) is 1. The van der Waals surface area contributed by atoms with Crippen molar-refractivity contribution in [1.29, 1.82) is 0 Å². The summed E-state index contributed by atoms with van der Waals surface area (Å²) in [7, 11) is 0. The average molecular weight is 449 g/mol. The van der Waals surface area contributed by atoms with E-state index in [1.807, 2.05) is 61.7 Å². The number of aromatic nitrogens is 3. The number of ketones is 1. The first kappa shape index (κ1) is 23.5. The zero-order chi connectivity index (χ0) is 23.1. The summed E-state index contributed by atoms with van der Waals surface area (Å²) in [4.78, 5) is 25.4. The molecule has 1 atom stereocenters. The third kappa shape index (κ3) is 5.73. The molecule has 0 aliphatic carbocycles. The molecule has 0 radical (unpaired) electrons. The number of carbonyl (C=O) groups is 2. The molecule has 0 bridgehead atoms. The number of amides is 1. The highest BCUT2D eigenvalue weighted by molar-refractivity contribution is 7.99. The lowest BCUT2D eigenvalue weighted by Crippen LogP contribution is -2.34. The average Bonchev–Trinajstić information content (AvgIpc) is 3.18. The van der Waals surface area contributed by atoms with Crippen LogP contribution in [0.25, 0.3) is 0 Å². The number of hydrogen-bond acceptors (Lipinski definition) is 5. The van der Waals surface area contributed by atoms with E-state index in [1.165, 1.54) is 11.8 Å². The smallest absolute Gasteiger partial charge is 0.251 e. The molecule has 0 saturated carbocycles. The van der Waals surface area contributed by atoms with Crippen molar-refractivity contribution in [3.8, 4) is 0 Å². The Morgan fingerprint density at radius 3 is 2.47 bits per heavy atom. The summed E-state index contributed by atoms with van der Waals surface area (Å²) < 4.78 is 1.91. The van der Waals surface area contributed by atoms with Gasteiger partial charge in [-0.05, 0) is 25.0 Å². The quantitative estimate of drug-likeness (QED) is 0.272. The highest BCUT2D eigenvalue weighted by Gasteiger charge is 2.26. The van der Waals surface area contributed by atoms with Gasteiger partial charge in [0.15, 0.2) is 16.8 Å². The fourth-order valence-electron chi connectivity index (χ4n) is 3.32. The minimum absolute atomic E-state index is 0.0264. The molecule has 0 aliphatic heterocycles. The predicted octanol–water partition coefficient (Wildman–Crippen LogP) is 4.87. The summed E-state index contributed by atoms with van der Waals surface area (Å²) in [5, 5.41) is 12.4. The van der Waals surface area contributed by atoms with Crippen molar-refractivity contribution in [3.63, 3.8) is 0 Å². The standard InChI is InChI=1S/C25H28N4O2S/c1-5-14-29-23(22(17(2)3)26-24(31)20-13-9-10-18(4)15-20)27-28-25(29)32-16-21(30)19-11-7-6-8-12-19/h5-13,15,17,22H,1,14,16H2,2-4H3,(H,26,31). The van der Waals surface area contributed by atoms with Gasteiger partial charge in [-0.25, -0.2) is 0 Å². The van der Waals surface area contributed by atoms with Gasteiger partial charge in [-0.1, -0.05) is 79.7 Å². The number of hydrogen-bond donors (Lipinski definition) is 1. The van der Waals surface area contributed by atoms with Crippen LogP contribution in [-0.2, 0) is 6.54 Å². The monoisotopic (exact) mass is 448 g/mol. The van der Waals surface area contributed by atoms with Gasteiger partial charge in [-0.2, -0.15) is 0 Å². The second-order valence-corrected chi connectivity index (χ2v) is 8.83. The lowest BCUT2D eigenvalue weighted by Gasteiger charge is -2.22. The van der Waals surface area contributed by atoms with Crippen LogP contribution in [0.1, 0.15) is 52.0 Å². The van der Waals surface area contributed by atoms with Crippen LogP contribution < -0.4 is 5.32 Å². The van der Waals surface area contributed by atoms with Gasteiger partial charge in [0.05, 0.1) is 11.8 Å². The van der Waals surface area contributed by atoms with Crippen molar-refractivity contribution in [3.05, 3.63) is 89.8 Å². The van der Waals surface area contributed by atoms with Crippen LogP contribution in [0.15, 0.2) is 72.4 Å². The van der Waals surface area contributed by atoms with E-state index in [4.69, 9.17) is 0 Å². The van der Waals surface area contributed by atoms with Crippen molar-refractivity contribution >= 4 is 23.5 Å². The Morgan fingerprint density at radius 2 is 1.81 bits per heavy atom. The zero-order valence-corrected chi connectivity index (χ0v) is 19.4. The van der Waals surface area contributed by atoms with Crippen molar-refractivity contribution in [1.82, 2.24) is 20.1 Å². The molecule has 2 aromatic carbocycles. The fraction of sp³-hybridized carbons (Fsp3) is 0.280. The van der Waals surface area contributed by atoms with Crippen LogP contribution in [0.3, 0.4) is 0 Å². The van der Waals surface area contributed by atoms with E-state index in [1.54, 1.807) is 24.3 Å². The van der Waals surface area contributed by atoms with Crippen LogP contribution in [-0.4, -0.2) is 32.2 Å². The third-order valence-electron chi connectivity index (χ3n) is 5.00. The first-order valence-corrected chi connectivity index (χ1v) is 11.5. The summed E-state index contributed by atoms with van der Waals surface area (Å²) in [6.07, 6.45) is 1.76. The Hall–Kier alpha value is -3.19. The molecule has 0 aliphatic rings. The second-order valence-electron chi connectivity index (χ2n) is 7.88. The van der Waals surface area contributed by atoms with Gasteiger partial charge >= 0.3 is 0 Å². The van der Waals surface area contributed by atoms with E-state index in [9.17, 15) is 9.59 Å². The number of allylic oxidation sites excluding steroid dienone is 1. The highest BCUT2D eigenvalue weighted by Crippen LogP contribution is 2.26. The molecule has 3 rings (SSSR count). The molecular weight excluding hydrogens is 420 g/mol. The van der Waals surface area contributed by atoms with E-state index in [2.05, 4.69) is 22.1 Å². The van der Waals surface area contributed by atoms with E-state index >= 15 is 0 Å². The molecule has 1 N–H and O–H groups in total. The van der Waals surface area contributed by atoms with Gasteiger partial charge in [0.2, 0.25) is 0 Å². The molecule has 1 heterocycles. The highest BCUT2D eigenvalue weighted by atomic mass is 32.2. The molecule has 0 spiro atoms. The van der Waals surface area contributed by atoms with E-state index in [0.717, 1.165) is 5.56 Å². The van der Waals surface area contributed by atoms with E-state index in [0.29, 0.717) is 28.7 Å². The Bertz CT molecular complexity index is 1090. The maximum Gasteiger partial charge on any atom is 0.251 e. The van der Waals surface area contributed by atoms with Crippen molar-refractivity contribution in [2.45, 2.75) is 38.5 Å². The SMILES string of the molecule is C=CCn1c(SCC(=O)c2ccccc2)nnc1C(NC(=O)c1cccc(C)c1)C(C)C. The van der Waals surface area contributed by atoms with Crippen molar-refractivity contribution in [2.24, 2.45) is 5.92 Å². The molecular formula is C25H28N4O2S. The summed E-state index contributed by atoms with van der Waals surface area (Å²) >= 11 is 1.34. The molecule has 1 unspecified atom stereocenters. The van der Waals surface area contributed by atoms with Crippen LogP contribution in [0.4, 0.5) is 0 Å². The number of thioether (sulfide) groups is 1. The van der Waals surface area contributed by atoms with Gasteiger partial charge < -0.3 is 9.88 Å². The zero-order valence-electron chi connectivity index (χ0n) is 18.6. The molecule has 7 heteroatoms. The number of rotatable bonds is 10. The Labute approximate surface area is 193 Å². The molecule has 166 valence electrons. The molecule has 3 aromatic rings. The van der Waals surface area contributed by atoms with Gasteiger partial charge in [-0.3, -0.25) is 9.59 Å². The lowest BCUT2D eigenvalue weighted by molar-refractivity contribution is 0.0921. The van der Waals surface area contributed by atoms with E-state index < -0.39 is 0 Å². The van der Waals surface area contributed by atoms with Crippen LogP contribution >= 0.6 is 11.8 Å². The third-order valence-corrected chi connectivity index (χ3v) is 5.96. The first-order chi connectivity index (χ1) is 15.4. The molecule has 0 saturated heterocycles. The fourth-order valence-corrected chi connectivity index (χ4v) is 4.16. The minimum Gasteiger partial charge on any atom is -0.342 e. The maximum atomic E-state index is 12.9. The summed E-state index contributed by atoms with van der Waals surface area (Å²) in [5.74, 6) is 0.852. The Morgan fingerprint density at radius 1 is 1.09 bits per heavy atom. The number of nitrogens with zero attached hydrogens (tertiary/aromatic N) is 3. The first-order valence-electron chi connectivity index (χ1n) is 10.5. The maximum absolute atomic E-state index is 12.9. The molecule has 0 fully saturated rings. The van der Waals surface area contributed by atoms with Crippen molar-refractivity contribution < 1.29 is 9.59 Å². The minimum atomic E-state index is -0.338. The number of aryl methyl sites for hydroxylation is 1. The van der Waals surface area contributed by atoms with Gasteiger partial charge in [-0.15, -0.1) is 16.8 Å². The Kier molecular flexibility index (Phi) is 8.00. The van der Waals surface area contributed by atoms with E-state index in [-0.39, 0.29) is 29.4 Å². The number of Topliss-reactive ketones (excluding diaryl/α,β-unsaturated/α-hetero) is 1. The lowest BCUT2D eigenvalue weighted by atomic mass is 10.0. The second kappa shape index (κ2) is 10.9. The summed E-state index contributed by atoms with van der Waals surface area (Å²) in [6, 6.07) is 16.3. The topological polar surface area (TPSA) is 76.9 Å². The van der Waals surface area contributed by atoms with Crippen LogP contribution in [0, 0.1) is 12.8 Å². The molecule has 1 aromatic heterocycles. The normalized spacial score (nSPS) is 11.9.